The molecule has 0 radical (unpaired) electrons. The van der Waals surface area contributed by atoms with Crippen molar-refractivity contribution in [1.82, 2.24) is 10.6 Å². The lowest BCUT2D eigenvalue weighted by Crippen LogP contribution is -2.46. The standard InChI is InChI=1S/C21H22ClN3O5/c1-11-17(20(26)24-14-8-6-5-7-13(14)22)18(25-21(27)23-11)12-9-15(28-2)19(30-4)16(10-12)29-3/h5-10,18H,1-4H3,(H,24,26)(H2,23,25,27)/t18-/m1/s1. The fourth-order valence-corrected chi connectivity index (χ4v) is 3.45. The molecule has 1 aliphatic heterocycles. The van der Waals surface area contributed by atoms with E-state index in [1.54, 1.807) is 43.3 Å². The van der Waals surface area contributed by atoms with E-state index in [1.807, 2.05) is 0 Å². The summed E-state index contributed by atoms with van der Waals surface area (Å²) in [5, 5.41) is 8.62. The van der Waals surface area contributed by atoms with Gasteiger partial charge in [-0.1, -0.05) is 23.7 Å². The highest BCUT2D eigenvalue weighted by atomic mass is 35.5. The van der Waals surface area contributed by atoms with E-state index in [4.69, 9.17) is 25.8 Å². The van der Waals surface area contributed by atoms with Crippen molar-refractivity contribution in [2.45, 2.75) is 13.0 Å². The molecule has 0 aromatic heterocycles. The summed E-state index contributed by atoms with van der Waals surface area (Å²) < 4.78 is 16.2. The van der Waals surface area contributed by atoms with Crippen molar-refractivity contribution < 1.29 is 23.8 Å². The molecule has 9 heteroatoms. The third-order valence-electron chi connectivity index (χ3n) is 4.66. The Morgan fingerprint density at radius 3 is 2.27 bits per heavy atom. The monoisotopic (exact) mass is 431 g/mol. The second-order valence-electron chi connectivity index (χ2n) is 6.46. The molecule has 0 fully saturated rings. The quantitative estimate of drug-likeness (QED) is 0.648. The molecule has 0 bridgehead atoms. The molecule has 0 aliphatic carbocycles. The first-order chi connectivity index (χ1) is 14.4. The number of hydrogen-bond donors (Lipinski definition) is 3. The smallest absolute Gasteiger partial charge is 0.319 e. The summed E-state index contributed by atoms with van der Waals surface area (Å²) in [7, 11) is 4.49. The average Bonchev–Trinajstić information content (AvgIpc) is 2.73. The van der Waals surface area contributed by atoms with E-state index in [1.165, 1.54) is 21.3 Å². The number of hydrogen-bond acceptors (Lipinski definition) is 5. The van der Waals surface area contributed by atoms with Crippen LogP contribution >= 0.6 is 11.6 Å². The molecular formula is C21H22ClN3O5. The number of amides is 3. The number of anilines is 1. The van der Waals surface area contributed by atoms with Crippen LogP contribution in [0.3, 0.4) is 0 Å². The van der Waals surface area contributed by atoms with Crippen LogP contribution in [0.15, 0.2) is 47.7 Å². The summed E-state index contributed by atoms with van der Waals surface area (Å²) in [4.78, 5) is 25.3. The molecule has 1 atom stereocenters. The van der Waals surface area contributed by atoms with Crippen molar-refractivity contribution in [2.24, 2.45) is 0 Å². The Morgan fingerprint density at radius 2 is 1.70 bits per heavy atom. The van der Waals surface area contributed by atoms with E-state index in [0.29, 0.717) is 44.8 Å². The van der Waals surface area contributed by atoms with E-state index < -0.39 is 18.0 Å². The minimum absolute atomic E-state index is 0.323. The zero-order valence-electron chi connectivity index (χ0n) is 17.0. The zero-order chi connectivity index (χ0) is 21.8. The number of benzene rings is 2. The van der Waals surface area contributed by atoms with Crippen LogP contribution in [0.5, 0.6) is 17.2 Å². The van der Waals surface area contributed by atoms with Gasteiger partial charge >= 0.3 is 6.03 Å². The van der Waals surface area contributed by atoms with Crippen LogP contribution in [0.25, 0.3) is 0 Å². The van der Waals surface area contributed by atoms with Gasteiger partial charge in [0.05, 0.1) is 43.7 Å². The summed E-state index contributed by atoms with van der Waals surface area (Å²) in [6.45, 7) is 1.66. The van der Waals surface area contributed by atoms with Crippen LogP contribution in [0.4, 0.5) is 10.5 Å². The number of rotatable bonds is 6. The molecule has 3 amide bonds. The summed E-state index contributed by atoms with van der Waals surface area (Å²) in [6.07, 6.45) is 0. The molecule has 0 unspecified atom stereocenters. The minimum atomic E-state index is -0.755. The normalized spacial score (nSPS) is 15.8. The predicted molar refractivity (Wildman–Crippen MR) is 113 cm³/mol. The molecule has 0 saturated carbocycles. The number of carbonyl (C=O) groups excluding carboxylic acids is 2. The lowest BCUT2D eigenvalue weighted by atomic mass is 9.94. The number of ether oxygens (including phenoxy) is 3. The Kier molecular flexibility index (Phi) is 6.37. The van der Waals surface area contributed by atoms with Crippen LogP contribution in [0.1, 0.15) is 18.5 Å². The Bertz CT molecular complexity index is 996. The Labute approximate surface area is 179 Å². The van der Waals surface area contributed by atoms with Gasteiger partial charge in [0.1, 0.15) is 0 Å². The molecule has 1 heterocycles. The van der Waals surface area contributed by atoms with Crippen LogP contribution < -0.4 is 30.2 Å². The Morgan fingerprint density at radius 1 is 1.07 bits per heavy atom. The number of urea groups is 1. The van der Waals surface area contributed by atoms with Gasteiger partial charge in [-0.25, -0.2) is 4.79 Å². The molecular weight excluding hydrogens is 410 g/mol. The van der Waals surface area contributed by atoms with Crippen molar-refractivity contribution in [3.05, 3.63) is 58.3 Å². The van der Waals surface area contributed by atoms with Gasteiger partial charge in [-0.3, -0.25) is 4.79 Å². The molecule has 3 rings (SSSR count). The van der Waals surface area contributed by atoms with E-state index in [9.17, 15) is 9.59 Å². The number of para-hydroxylation sites is 1. The number of nitrogens with one attached hydrogen (secondary N) is 3. The van der Waals surface area contributed by atoms with Crippen LogP contribution in [0, 0.1) is 0 Å². The van der Waals surface area contributed by atoms with Crippen molar-refractivity contribution in [3.8, 4) is 17.2 Å². The molecule has 2 aromatic rings. The maximum atomic E-state index is 13.1. The molecule has 2 aromatic carbocycles. The third-order valence-corrected chi connectivity index (χ3v) is 4.99. The highest BCUT2D eigenvalue weighted by Gasteiger charge is 2.33. The second kappa shape index (κ2) is 8.96. The van der Waals surface area contributed by atoms with Gasteiger partial charge in [0.25, 0.3) is 5.91 Å². The summed E-state index contributed by atoms with van der Waals surface area (Å²) in [5.74, 6) is 0.810. The van der Waals surface area contributed by atoms with Gasteiger partial charge in [0, 0.05) is 5.70 Å². The maximum Gasteiger partial charge on any atom is 0.319 e. The zero-order valence-corrected chi connectivity index (χ0v) is 17.7. The average molecular weight is 432 g/mol. The highest BCUT2D eigenvalue weighted by molar-refractivity contribution is 6.33. The van der Waals surface area contributed by atoms with Crippen molar-refractivity contribution >= 4 is 29.2 Å². The molecule has 30 heavy (non-hydrogen) atoms. The summed E-state index contributed by atoms with van der Waals surface area (Å²) in [6, 6.07) is 9.09. The van der Waals surface area contributed by atoms with E-state index >= 15 is 0 Å². The first-order valence-corrected chi connectivity index (χ1v) is 9.41. The third kappa shape index (κ3) is 4.13. The highest BCUT2D eigenvalue weighted by Crippen LogP contribution is 2.41. The van der Waals surface area contributed by atoms with Crippen LogP contribution in [0.2, 0.25) is 5.02 Å². The molecule has 8 nitrogen and oxygen atoms in total. The lowest BCUT2D eigenvalue weighted by Gasteiger charge is -2.29. The Hall–Kier alpha value is -3.39. The van der Waals surface area contributed by atoms with E-state index in [0.717, 1.165) is 0 Å². The summed E-state index contributed by atoms with van der Waals surface area (Å²) in [5.41, 5.74) is 1.79. The molecule has 0 saturated heterocycles. The van der Waals surface area contributed by atoms with Gasteiger partial charge in [-0.2, -0.15) is 0 Å². The predicted octanol–water partition coefficient (Wildman–Crippen LogP) is 3.63. The largest absolute Gasteiger partial charge is 0.493 e. The van der Waals surface area contributed by atoms with E-state index in [-0.39, 0.29) is 0 Å². The molecule has 1 aliphatic rings. The lowest BCUT2D eigenvalue weighted by molar-refractivity contribution is -0.113. The molecule has 0 spiro atoms. The maximum absolute atomic E-state index is 13.1. The first kappa shape index (κ1) is 21.3. The van der Waals surface area contributed by atoms with Crippen molar-refractivity contribution in [2.75, 3.05) is 26.6 Å². The van der Waals surface area contributed by atoms with Crippen LogP contribution in [-0.2, 0) is 4.79 Å². The first-order valence-electron chi connectivity index (χ1n) is 9.03. The molecule has 3 N–H and O–H groups in total. The number of carbonyl (C=O) groups is 2. The fourth-order valence-electron chi connectivity index (χ4n) is 3.27. The van der Waals surface area contributed by atoms with Crippen molar-refractivity contribution in [3.63, 3.8) is 0 Å². The van der Waals surface area contributed by atoms with Gasteiger partial charge in [0.2, 0.25) is 5.75 Å². The van der Waals surface area contributed by atoms with Gasteiger partial charge in [-0.15, -0.1) is 0 Å². The topological polar surface area (TPSA) is 97.9 Å². The van der Waals surface area contributed by atoms with Gasteiger partial charge < -0.3 is 30.2 Å². The van der Waals surface area contributed by atoms with E-state index in [2.05, 4.69) is 16.0 Å². The number of allylic oxidation sites excluding steroid dienone is 1. The summed E-state index contributed by atoms with van der Waals surface area (Å²) >= 11 is 6.17. The SMILES string of the molecule is COc1cc([C@H]2NC(=O)NC(C)=C2C(=O)Nc2ccccc2Cl)cc(OC)c1OC. The minimum Gasteiger partial charge on any atom is -0.493 e. The fraction of sp³-hybridized carbons (Fsp3) is 0.238. The molecule has 158 valence electrons. The number of halogens is 1. The van der Waals surface area contributed by atoms with Crippen LogP contribution in [-0.4, -0.2) is 33.3 Å². The van der Waals surface area contributed by atoms with Gasteiger partial charge in [-0.05, 0) is 36.8 Å². The second-order valence-corrected chi connectivity index (χ2v) is 6.87. The van der Waals surface area contributed by atoms with Gasteiger partial charge in [0.15, 0.2) is 11.5 Å². The Balaban J connectivity index is 2.06. The van der Waals surface area contributed by atoms with Crippen molar-refractivity contribution in [1.29, 1.82) is 0 Å². The number of methoxy groups -OCH3 is 3.